The Balaban J connectivity index is 1.69. The summed E-state index contributed by atoms with van der Waals surface area (Å²) in [6.07, 6.45) is 1.69. The normalized spacial score (nSPS) is 10.4. The Morgan fingerprint density at radius 1 is 0.968 bits per heavy atom. The molecule has 0 spiro atoms. The maximum Gasteiger partial charge on any atom is 0.278 e. The monoisotopic (exact) mass is 442 g/mol. The van der Waals surface area contributed by atoms with Crippen molar-refractivity contribution in [1.82, 2.24) is 10.3 Å². The van der Waals surface area contributed by atoms with Crippen molar-refractivity contribution in [3.8, 4) is 28.2 Å². The average Bonchev–Trinajstić information content (AvgIpc) is 3.28. The second kappa shape index (κ2) is 11.2. The van der Waals surface area contributed by atoms with E-state index in [0.29, 0.717) is 60.1 Å². The van der Waals surface area contributed by atoms with Crippen LogP contribution in [0, 0.1) is 0 Å². The zero-order valence-electron chi connectivity index (χ0n) is 17.8. The summed E-state index contributed by atoms with van der Waals surface area (Å²) in [6.45, 7) is 7.39. The van der Waals surface area contributed by atoms with Crippen LogP contribution in [0.25, 0.3) is 0 Å². The van der Waals surface area contributed by atoms with Gasteiger partial charge in [-0.05, 0) is 50.6 Å². The van der Waals surface area contributed by atoms with Crippen molar-refractivity contribution >= 4 is 17.2 Å². The minimum atomic E-state index is -0.229. The van der Waals surface area contributed by atoms with Crippen LogP contribution in [0.5, 0.6) is 28.2 Å². The molecular weight excluding hydrogens is 416 g/mol. The summed E-state index contributed by atoms with van der Waals surface area (Å²) in [4.78, 5) is 16.9. The predicted octanol–water partition coefficient (Wildman–Crippen LogP) is 5.06. The Kier molecular flexibility index (Phi) is 8.12. The van der Waals surface area contributed by atoms with E-state index in [2.05, 4.69) is 10.3 Å². The summed E-state index contributed by atoms with van der Waals surface area (Å²) < 4.78 is 22.7. The zero-order valence-corrected chi connectivity index (χ0v) is 18.7. The Bertz CT molecular complexity index is 947. The van der Waals surface area contributed by atoms with E-state index in [1.54, 1.807) is 18.3 Å². The van der Waals surface area contributed by atoms with Gasteiger partial charge >= 0.3 is 0 Å². The standard InChI is InChI=1S/C23H26N2O5S/c1-4-27-19-13-17(14-20(28-5-2)21(19)29-6-3)22(26)25-15-16-7-9-18(10-8-16)30-23-24-11-12-31-23/h7-14H,4-6,15H2,1-3H3,(H,25,26). The highest BCUT2D eigenvalue weighted by molar-refractivity contribution is 7.11. The van der Waals surface area contributed by atoms with Crippen LogP contribution in [-0.4, -0.2) is 30.7 Å². The van der Waals surface area contributed by atoms with Crippen LogP contribution in [0.15, 0.2) is 48.0 Å². The quantitative estimate of drug-likeness (QED) is 0.447. The maximum atomic E-state index is 12.8. The average molecular weight is 443 g/mol. The van der Waals surface area contributed by atoms with Gasteiger partial charge < -0.3 is 24.3 Å². The number of benzene rings is 2. The molecule has 1 aromatic heterocycles. The van der Waals surface area contributed by atoms with Gasteiger partial charge in [0, 0.05) is 23.7 Å². The fraction of sp³-hybridized carbons (Fsp3) is 0.304. The number of ether oxygens (including phenoxy) is 4. The molecule has 1 N–H and O–H groups in total. The number of hydrogen-bond donors (Lipinski definition) is 1. The molecule has 8 heteroatoms. The predicted molar refractivity (Wildman–Crippen MR) is 120 cm³/mol. The summed E-state index contributed by atoms with van der Waals surface area (Å²) in [7, 11) is 0. The number of nitrogens with zero attached hydrogens (tertiary/aromatic N) is 1. The SMILES string of the molecule is CCOc1cc(C(=O)NCc2ccc(Oc3nccs3)cc2)cc(OCC)c1OCC. The van der Waals surface area contributed by atoms with E-state index < -0.39 is 0 Å². The van der Waals surface area contributed by atoms with Crippen LogP contribution in [0.2, 0.25) is 0 Å². The molecule has 0 fully saturated rings. The Morgan fingerprint density at radius 3 is 2.16 bits per heavy atom. The molecule has 0 aliphatic rings. The number of hydrogen-bond acceptors (Lipinski definition) is 7. The van der Waals surface area contributed by atoms with E-state index in [4.69, 9.17) is 18.9 Å². The number of carbonyl (C=O) groups is 1. The minimum absolute atomic E-state index is 0.229. The van der Waals surface area contributed by atoms with E-state index in [1.807, 2.05) is 50.4 Å². The third kappa shape index (κ3) is 6.11. The third-order valence-corrected chi connectivity index (χ3v) is 4.81. The Labute approximate surface area is 185 Å². The highest BCUT2D eigenvalue weighted by atomic mass is 32.1. The molecular formula is C23H26N2O5S. The van der Waals surface area contributed by atoms with Gasteiger partial charge in [0.25, 0.3) is 11.1 Å². The van der Waals surface area contributed by atoms with E-state index in [9.17, 15) is 4.79 Å². The molecule has 0 atom stereocenters. The second-order valence-corrected chi connectivity index (χ2v) is 7.18. The summed E-state index contributed by atoms with van der Waals surface area (Å²) in [5.41, 5.74) is 1.39. The molecule has 3 aromatic rings. The fourth-order valence-corrected chi connectivity index (χ4v) is 3.35. The van der Waals surface area contributed by atoms with Crippen molar-refractivity contribution in [3.05, 3.63) is 59.1 Å². The van der Waals surface area contributed by atoms with Gasteiger partial charge in [-0.1, -0.05) is 23.5 Å². The fourth-order valence-electron chi connectivity index (χ4n) is 2.84. The van der Waals surface area contributed by atoms with Gasteiger partial charge in [0.05, 0.1) is 19.8 Å². The van der Waals surface area contributed by atoms with E-state index in [-0.39, 0.29) is 5.91 Å². The van der Waals surface area contributed by atoms with Crippen LogP contribution in [0.3, 0.4) is 0 Å². The molecule has 31 heavy (non-hydrogen) atoms. The van der Waals surface area contributed by atoms with Crippen molar-refractivity contribution in [2.24, 2.45) is 0 Å². The van der Waals surface area contributed by atoms with Gasteiger partial charge in [-0.25, -0.2) is 4.98 Å². The molecule has 0 bridgehead atoms. The molecule has 0 aliphatic heterocycles. The number of aromatic nitrogens is 1. The lowest BCUT2D eigenvalue weighted by molar-refractivity contribution is 0.0949. The molecule has 0 radical (unpaired) electrons. The van der Waals surface area contributed by atoms with Gasteiger partial charge in [0.15, 0.2) is 11.5 Å². The van der Waals surface area contributed by atoms with Crippen LogP contribution in [-0.2, 0) is 6.54 Å². The summed E-state index contributed by atoms with van der Waals surface area (Å²) in [6, 6.07) is 10.9. The molecule has 0 saturated heterocycles. The molecule has 0 saturated carbocycles. The Morgan fingerprint density at radius 2 is 1.61 bits per heavy atom. The smallest absolute Gasteiger partial charge is 0.278 e. The van der Waals surface area contributed by atoms with E-state index in [1.165, 1.54) is 11.3 Å². The highest BCUT2D eigenvalue weighted by Crippen LogP contribution is 2.39. The lowest BCUT2D eigenvalue weighted by Crippen LogP contribution is -2.23. The van der Waals surface area contributed by atoms with Gasteiger partial charge in [-0.2, -0.15) is 0 Å². The van der Waals surface area contributed by atoms with Crippen LogP contribution in [0.1, 0.15) is 36.7 Å². The summed E-state index contributed by atoms with van der Waals surface area (Å²) in [5.74, 6) is 1.96. The largest absolute Gasteiger partial charge is 0.490 e. The van der Waals surface area contributed by atoms with Crippen LogP contribution in [0.4, 0.5) is 0 Å². The van der Waals surface area contributed by atoms with Crippen LogP contribution >= 0.6 is 11.3 Å². The molecule has 0 unspecified atom stereocenters. The topological polar surface area (TPSA) is 78.9 Å². The molecule has 164 valence electrons. The van der Waals surface area contributed by atoms with Crippen molar-refractivity contribution in [2.45, 2.75) is 27.3 Å². The van der Waals surface area contributed by atoms with Crippen molar-refractivity contribution in [1.29, 1.82) is 0 Å². The molecule has 3 rings (SSSR count). The van der Waals surface area contributed by atoms with E-state index in [0.717, 1.165) is 5.56 Å². The van der Waals surface area contributed by atoms with Gasteiger partial charge in [-0.3, -0.25) is 4.79 Å². The summed E-state index contributed by atoms with van der Waals surface area (Å²) >= 11 is 1.43. The minimum Gasteiger partial charge on any atom is -0.490 e. The first kappa shape index (κ1) is 22.4. The summed E-state index contributed by atoms with van der Waals surface area (Å²) in [5, 5.41) is 5.37. The number of rotatable bonds is 11. The maximum absolute atomic E-state index is 12.8. The first-order chi connectivity index (χ1) is 15.1. The van der Waals surface area contributed by atoms with Crippen molar-refractivity contribution in [2.75, 3.05) is 19.8 Å². The lowest BCUT2D eigenvalue weighted by atomic mass is 10.1. The van der Waals surface area contributed by atoms with E-state index >= 15 is 0 Å². The highest BCUT2D eigenvalue weighted by Gasteiger charge is 2.18. The lowest BCUT2D eigenvalue weighted by Gasteiger charge is -2.17. The zero-order chi connectivity index (χ0) is 22.1. The first-order valence-electron chi connectivity index (χ1n) is 10.2. The molecule has 2 aromatic carbocycles. The van der Waals surface area contributed by atoms with Crippen molar-refractivity contribution in [3.63, 3.8) is 0 Å². The number of amides is 1. The van der Waals surface area contributed by atoms with Crippen molar-refractivity contribution < 1.29 is 23.7 Å². The molecule has 1 amide bonds. The van der Waals surface area contributed by atoms with Gasteiger partial charge in [0.1, 0.15) is 5.75 Å². The second-order valence-electron chi connectivity index (χ2n) is 6.33. The molecule has 7 nitrogen and oxygen atoms in total. The van der Waals surface area contributed by atoms with Gasteiger partial charge in [0.2, 0.25) is 5.75 Å². The third-order valence-electron chi connectivity index (χ3n) is 4.16. The van der Waals surface area contributed by atoms with Gasteiger partial charge in [-0.15, -0.1) is 0 Å². The van der Waals surface area contributed by atoms with Crippen LogP contribution < -0.4 is 24.3 Å². The number of thiazole rings is 1. The molecule has 0 aliphatic carbocycles. The number of nitrogens with one attached hydrogen (secondary N) is 1. The first-order valence-corrected chi connectivity index (χ1v) is 11.0. The molecule has 1 heterocycles. The Hall–Kier alpha value is -3.26. The number of carbonyl (C=O) groups excluding carboxylic acids is 1.